The van der Waals surface area contributed by atoms with Gasteiger partial charge in [-0.05, 0) is 24.5 Å². The van der Waals surface area contributed by atoms with Gasteiger partial charge in [0.05, 0.1) is 0 Å². The molecule has 0 atom stereocenters. The lowest BCUT2D eigenvalue weighted by Crippen LogP contribution is -2.21. The Bertz CT molecular complexity index is 228. The predicted molar refractivity (Wildman–Crippen MR) is 55.4 cm³/mol. The highest BCUT2D eigenvalue weighted by Crippen LogP contribution is 2.20. The largest absolute Gasteiger partial charge is 0.398 e. The molecule has 0 radical (unpaired) electrons. The lowest BCUT2D eigenvalue weighted by atomic mass is 10.3. The summed E-state index contributed by atoms with van der Waals surface area (Å²) < 4.78 is 0. The lowest BCUT2D eigenvalue weighted by Gasteiger charge is -2.16. The van der Waals surface area contributed by atoms with Gasteiger partial charge in [-0.15, -0.1) is 11.3 Å². The summed E-state index contributed by atoms with van der Waals surface area (Å²) in [5, 5.41) is 2.05. The Labute approximate surface area is 78.0 Å². The molecule has 68 valence electrons. The Hall–Kier alpha value is -0.540. The fraction of sp³-hybridized carbons (Fsp3) is 0.556. The zero-order valence-electron chi connectivity index (χ0n) is 7.71. The summed E-state index contributed by atoms with van der Waals surface area (Å²) in [4.78, 5) is 3.65. The molecule has 12 heavy (non-hydrogen) atoms. The molecule has 1 aromatic heterocycles. The molecule has 1 aromatic rings. The van der Waals surface area contributed by atoms with E-state index in [9.17, 15) is 0 Å². The van der Waals surface area contributed by atoms with Crippen molar-refractivity contribution < 1.29 is 0 Å². The van der Waals surface area contributed by atoms with Gasteiger partial charge in [0.1, 0.15) is 0 Å². The second-order valence-electron chi connectivity index (χ2n) is 2.76. The van der Waals surface area contributed by atoms with Gasteiger partial charge in [-0.2, -0.15) is 0 Å². The molecule has 1 heterocycles. The van der Waals surface area contributed by atoms with Crippen LogP contribution in [0.3, 0.4) is 0 Å². The van der Waals surface area contributed by atoms with Gasteiger partial charge in [0.15, 0.2) is 0 Å². The Balaban J connectivity index is 2.56. The van der Waals surface area contributed by atoms with Crippen LogP contribution in [0, 0.1) is 0 Å². The minimum atomic E-state index is 0.937. The summed E-state index contributed by atoms with van der Waals surface area (Å²) in [5.74, 6) is 0. The Morgan fingerprint density at radius 3 is 2.50 bits per heavy atom. The van der Waals surface area contributed by atoms with Crippen molar-refractivity contribution in [1.29, 1.82) is 0 Å². The monoisotopic (exact) mass is 184 g/mol. The Morgan fingerprint density at radius 2 is 2.08 bits per heavy atom. The predicted octanol–water partition coefficient (Wildman–Crippen LogP) is 2.17. The molecule has 0 saturated heterocycles. The van der Waals surface area contributed by atoms with Gasteiger partial charge in [-0.1, -0.05) is 13.8 Å². The quantitative estimate of drug-likeness (QED) is 0.777. The number of nitrogens with zero attached hydrogens (tertiary/aromatic N) is 1. The first-order chi connectivity index (χ1) is 5.77. The molecule has 0 unspecified atom stereocenters. The highest BCUT2D eigenvalue weighted by molar-refractivity contribution is 7.10. The second kappa shape index (κ2) is 4.48. The molecule has 1 rings (SSSR count). The number of rotatable bonds is 4. The van der Waals surface area contributed by atoms with Crippen LogP contribution in [0.25, 0.3) is 0 Å². The average molecular weight is 184 g/mol. The first kappa shape index (κ1) is 9.55. The zero-order valence-corrected chi connectivity index (χ0v) is 8.53. The van der Waals surface area contributed by atoms with E-state index in [0.29, 0.717) is 0 Å². The van der Waals surface area contributed by atoms with Crippen molar-refractivity contribution in [3.8, 4) is 0 Å². The van der Waals surface area contributed by atoms with E-state index in [4.69, 9.17) is 5.73 Å². The standard InChI is InChI=1S/C9H16N2S/c1-3-11(4-2)7-9-8(10)5-6-12-9/h5-6H,3-4,7,10H2,1-2H3. The lowest BCUT2D eigenvalue weighted by molar-refractivity contribution is 0.299. The molecule has 2 nitrogen and oxygen atoms in total. The van der Waals surface area contributed by atoms with Gasteiger partial charge in [-0.3, -0.25) is 4.90 Å². The molecule has 0 aliphatic heterocycles. The topological polar surface area (TPSA) is 29.3 Å². The number of nitrogens with two attached hydrogens (primary N) is 1. The fourth-order valence-corrected chi connectivity index (χ4v) is 1.97. The van der Waals surface area contributed by atoms with Crippen LogP contribution < -0.4 is 5.73 Å². The highest BCUT2D eigenvalue weighted by Gasteiger charge is 2.04. The van der Waals surface area contributed by atoms with Gasteiger partial charge in [0.25, 0.3) is 0 Å². The summed E-state index contributed by atoms with van der Waals surface area (Å²) >= 11 is 1.74. The molecule has 0 aliphatic rings. The van der Waals surface area contributed by atoms with Crippen LogP contribution in [0.4, 0.5) is 5.69 Å². The maximum atomic E-state index is 5.78. The van der Waals surface area contributed by atoms with Gasteiger partial charge < -0.3 is 5.73 Å². The minimum absolute atomic E-state index is 0.937. The van der Waals surface area contributed by atoms with E-state index < -0.39 is 0 Å². The molecular formula is C9H16N2S. The van der Waals surface area contributed by atoms with E-state index in [1.165, 1.54) is 4.88 Å². The van der Waals surface area contributed by atoms with Crippen LogP contribution in [-0.2, 0) is 6.54 Å². The van der Waals surface area contributed by atoms with Gasteiger partial charge in [-0.25, -0.2) is 0 Å². The van der Waals surface area contributed by atoms with Crippen molar-refractivity contribution in [3.63, 3.8) is 0 Å². The third-order valence-electron chi connectivity index (χ3n) is 2.04. The second-order valence-corrected chi connectivity index (χ2v) is 3.76. The summed E-state index contributed by atoms with van der Waals surface area (Å²) in [5.41, 5.74) is 6.72. The molecule has 0 saturated carbocycles. The number of nitrogen functional groups attached to an aromatic ring is 1. The smallest absolute Gasteiger partial charge is 0.0468 e. The molecule has 0 aromatic carbocycles. The maximum Gasteiger partial charge on any atom is 0.0468 e. The maximum absolute atomic E-state index is 5.78. The zero-order chi connectivity index (χ0) is 8.97. The third-order valence-corrected chi connectivity index (χ3v) is 2.96. The number of anilines is 1. The van der Waals surface area contributed by atoms with Crippen molar-refractivity contribution in [2.45, 2.75) is 20.4 Å². The van der Waals surface area contributed by atoms with Crippen LogP contribution in [0.15, 0.2) is 11.4 Å². The summed E-state index contributed by atoms with van der Waals surface area (Å²) in [6.07, 6.45) is 0. The van der Waals surface area contributed by atoms with Crippen molar-refractivity contribution in [3.05, 3.63) is 16.3 Å². The van der Waals surface area contributed by atoms with Crippen LogP contribution in [-0.4, -0.2) is 18.0 Å². The number of thiophene rings is 1. The summed E-state index contributed by atoms with van der Waals surface area (Å²) in [6, 6.07) is 1.98. The van der Waals surface area contributed by atoms with Crippen molar-refractivity contribution in [2.24, 2.45) is 0 Å². The van der Waals surface area contributed by atoms with Gasteiger partial charge in [0.2, 0.25) is 0 Å². The van der Waals surface area contributed by atoms with Gasteiger partial charge >= 0.3 is 0 Å². The molecule has 0 amide bonds. The van der Waals surface area contributed by atoms with Crippen molar-refractivity contribution in [1.82, 2.24) is 4.90 Å². The fourth-order valence-electron chi connectivity index (χ4n) is 1.13. The molecule has 0 bridgehead atoms. The van der Waals surface area contributed by atoms with Crippen LogP contribution >= 0.6 is 11.3 Å². The molecule has 0 aliphatic carbocycles. The van der Waals surface area contributed by atoms with E-state index in [2.05, 4.69) is 18.7 Å². The first-order valence-electron chi connectivity index (χ1n) is 4.32. The number of hydrogen-bond donors (Lipinski definition) is 1. The Kier molecular flexibility index (Phi) is 3.56. The van der Waals surface area contributed by atoms with E-state index in [0.717, 1.165) is 25.3 Å². The van der Waals surface area contributed by atoms with Crippen molar-refractivity contribution >= 4 is 17.0 Å². The summed E-state index contributed by atoms with van der Waals surface area (Å²) in [6.45, 7) is 7.53. The van der Waals surface area contributed by atoms with Crippen LogP contribution in [0.5, 0.6) is 0 Å². The van der Waals surface area contributed by atoms with E-state index in [-0.39, 0.29) is 0 Å². The van der Waals surface area contributed by atoms with E-state index in [1.54, 1.807) is 11.3 Å². The third kappa shape index (κ3) is 2.22. The number of hydrogen-bond acceptors (Lipinski definition) is 3. The molecular weight excluding hydrogens is 168 g/mol. The molecule has 3 heteroatoms. The van der Waals surface area contributed by atoms with Crippen LogP contribution in [0.1, 0.15) is 18.7 Å². The average Bonchev–Trinajstić information content (AvgIpc) is 2.47. The minimum Gasteiger partial charge on any atom is -0.398 e. The van der Waals surface area contributed by atoms with Crippen LogP contribution in [0.2, 0.25) is 0 Å². The molecule has 0 spiro atoms. The normalized spacial score (nSPS) is 10.9. The SMILES string of the molecule is CCN(CC)Cc1sccc1N. The molecule has 0 fully saturated rings. The van der Waals surface area contributed by atoms with E-state index >= 15 is 0 Å². The Morgan fingerprint density at radius 1 is 1.42 bits per heavy atom. The summed E-state index contributed by atoms with van der Waals surface area (Å²) in [7, 11) is 0. The molecule has 2 N–H and O–H groups in total. The van der Waals surface area contributed by atoms with Crippen molar-refractivity contribution in [2.75, 3.05) is 18.8 Å². The first-order valence-corrected chi connectivity index (χ1v) is 5.20. The van der Waals surface area contributed by atoms with E-state index in [1.807, 2.05) is 11.4 Å². The van der Waals surface area contributed by atoms with Gasteiger partial charge in [0, 0.05) is 17.1 Å². The highest BCUT2D eigenvalue weighted by atomic mass is 32.1.